The Morgan fingerprint density at radius 1 is 1.17 bits per heavy atom. The van der Waals surface area contributed by atoms with Crippen LogP contribution in [0.15, 0.2) is 18.2 Å². The lowest BCUT2D eigenvalue weighted by molar-refractivity contribution is -0.134. The number of rotatable bonds is 9. The molecular formula is C25H35N5O5. The molecule has 1 aromatic heterocycles. The largest absolute Gasteiger partial charge is 0.444 e. The van der Waals surface area contributed by atoms with Gasteiger partial charge in [-0.25, -0.2) is 4.79 Å². The summed E-state index contributed by atoms with van der Waals surface area (Å²) in [6.07, 6.45) is 4.11. The molecule has 10 nitrogen and oxygen atoms in total. The van der Waals surface area contributed by atoms with E-state index in [2.05, 4.69) is 21.0 Å². The van der Waals surface area contributed by atoms with Gasteiger partial charge in [0.25, 0.3) is 0 Å². The van der Waals surface area contributed by atoms with Crippen molar-refractivity contribution in [3.05, 3.63) is 23.9 Å². The van der Waals surface area contributed by atoms with Crippen LogP contribution in [0.2, 0.25) is 0 Å². The van der Waals surface area contributed by atoms with Crippen molar-refractivity contribution in [2.24, 2.45) is 7.05 Å². The third-order valence-corrected chi connectivity index (χ3v) is 5.73. The maximum absolute atomic E-state index is 12.4. The van der Waals surface area contributed by atoms with Crippen molar-refractivity contribution in [2.75, 3.05) is 11.9 Å². The van der Waals surface area contributed by atoms with Crippen LogP contribution in [0.5, 0.6) is 0 Å². The van der Waals surface area contributed by atoms with E-state index in [0.29, 0.717) is 37.2 Å². The van der Waals surface area contributed by atoms with Crippen LogP contribution in [-0.4, -0.2) is 45.7 Å². The Labute approximate surface area is 205 Å². The van der Waals surface area contributed by atoms with Gasteiger partial charge in [0.15, 0.2) is 0 Å². The minimum Gasteiger partial charge on any atom is -0.444 e. The van der Waals surface area contributed by atoms with E-state index in [4.69, 9.17) is 4.74 Å². The fourth-order valence-corrected chi connectivity index (χ4v) is 4.07. The third kappa shape index (κ3) is 7.53. The molecule has 4 amide bonds. The molecular weight excluding hydrogens is 450 g/mol. The lowest BCUT2D eigenvalue weighted by atomic mass is 9.93. The molecule has 1 unspecified atom stereocenters. The van der Waals surface area contributed by atoms with Gasteiger partial charge in [0.2, 0.25) is 17.7 Å². The van der Waals surface area contributed by atoms with Crippen molar-refractivity contribution in [3.8, 4) is 0 Å². The number of amides is 4. The van der Waals surface area contributed by atoms with Crippen molar-refractivity contribution in [1.82, 2.24) is 20.4 Å². The van der Waals surface area contributed by atoms with Crippen LogP contribution in [0, 0.1) is 0 Å². The Morgan fingerprint density at radius 2 is 1.91 bits per heavy atom. The first kappa shape index (κ1) is 26.2. The van der Waals surface area contributed by atoms with Gasteiger partial charge < -0.3 is 15.4 Å². The number of hydrogen-bond donors (Lipinski definition) is 3. The number of anilines is 1. The number of piperidine rings is 1. The molecule has 190 valence electrons. The van der Waals surface area contributed by atoms with E-state index < -0.39 is 17.6 Å². The lowest BCUT2D eigenvalue weighted by Crippen LogP contribution is -2.39. The summed E-state index contributed by atoms with van der Waals surface area (Å²) >= 11 is 0. The number of nitrogens with one attached hydrogen (secondary N) is 3. The molecule has 3 rings (SSSR count). The predicted octanol–water partition coefficient (Wildman–Crippen LogP) is 3.51. The zero-order chi connectivity index (χ0) is 25.6. The first-order valence-electron chi connectivity index (χ1n) is 12.1. The number of aromatic nitrogens is 2. The van der Waals surface area contributed by atoms with Crippen LogP contribution in [0.3, 0.4) is 0 Å². The summed E-state index contributed by atoms with van der Waals surface area (Å²) < 4.78 is 6.88. The second-order valence-corrected chi connectivity index (χ2v) is 9.89. The summed E-state index contributed by atoms with van der Waals surface area (Å²) in [6.45, 7) is 6.02. The van der Waals surface area contributed by atoms with Crippen molar-refractivity contribution in [1.29, 1.82) is 0 Å². The van der Waals surface area contributed by atoms with Gasteiger partial charge in [-0.2, -0.15) is 5.10 Å². The summed E-state index contributed by atoms with van der Waals surface area (Å²) in [5, 5.41) is 13.4. The molecule has 0 spiro atoms. The summed E-state index contributed by atoms with van der Waals surface area (Å²) in [5.74, 6) is -1.10. The van der Waals surface area contributed by atoms with Crippen molar-refractivity contribution in [2.45, 2.75) is 77.2 Å². The summed E-state index contributed by atoms with van der Waals surface area (Å²) in [7, 11) is 1.79. The Balaban J connectivity index is 1.43. The maximum atomic E-state index is 12.4. The molecule has 1 aliphatic heterocycles. The molecule has 0 radical (unpaired) electrons. The highest BCUT2D eigenvalue weighted by Crippen LogP contribution is 2.31. The summed E-state index contributed by atoms with van der Waals surface area (Å²) in [4.78, 5) is 47.7. The third-order valence-electron chi connectivity index (χ3n) is 5.73. The Kier molecular flexibility index (Phi) is 8.48. The topological polar surface area (TPSA) is 131 Å². The number of carbonyl (C=O) groups excluding carboxylic acids is 4. The van der Waals surface area contributed by atoms with Crippen LogP contribution in [0.4, 0.5) is 10.5 Å². The molecule has 0 aliphatic carbocycles. The van der Waals surface area contributed by atoms with E-state index in [1.54, 1.807) is 17.8 Å². The number of benzene rings is 1. The molecule has 1 atom stereocenters. The number of nitrogens with zero attached hydrogens (tertiary/aromatic N) is 2. The number of ether oxygens (including phenoxy) is 1. The van der Waals surface area contributed by atoms with Gasteiger partial charge in [-0.15, -0.1) is 0 Å². The van der Waals surface area contributed by atoms with Gasteiger partial charge in [-0.3, -0.25) is 24.4 Å². The molecule has 2 heterocycles. The molecule has 1 fully saturated rings. The number of aryl methyl sites for hydroxylation is 1. The Morgan fingerprint density at radius 3 is 2.63 bits per heavy atom. The first-order chi connectivity index (χ1) is 16.5. The molecule has 35 heavy (non-hydrogen) atoms. The van der Waals surface area contributed by atoms with Gasteiger partial charge in [0.1, 0.15) is 5.60 Å². The van der Waals surface area contributed by atoms with Gasteiger partial charge >= 0.3 is 6.09 Å². The quantitative estimate of drug-likeness (QED) is 0.368. The Bertz CT molecular complexity index is 1100. The van der Waals surface area contributed by atoms with Gasteiger partial charge in [-0.05, 0) is 58.2 Å². The molecule has 2 aromatic rings. The van der Waals surface area contributed by atoms with Crippen LogP contribution >= 0.6 is 0 Å². The number of unbranched alkanes of at least 4 members (excludes halogenated alkanes) is 3. The monoisotopic (exact) mass is 485 g/mol. The number of alkyl carbamates (subject to hydrolysis) is 1. The van der Waals surface area contributed by atoms with E-state index in [1.165, 1.54) is 0 Å². The van der Waals surface area contributed by atoms with E-state index >= 15 is 0 Å². The SMILES string of the molecule is Cn1nc(C2CCC(=O)NC2=O)c2ccc(NC(=O)CCCCCCNC(=O)OC(C)(C)C)cc21. The normalized spacial score (nSPS) is 16.2. The minimum absolute atomic E-state index is 0.0659. The Hall–Kier alpha value is -3.43. The van der Waals surface area contributed by atoms with Crippen molar-refractivity contribution in [3.63, 3.8) is 0 Å². The highest BCUT2D eigenvalue weighted by molar-refractivity contribution is 6.03. The van der Waals surface area contributed by atoms with Crippen molar-refractivity contribution >= 4 is 40.4 Å². The molecule has 0 saturated carbocycles. The van der Waals surface area contributed by atoms with E-state index in [-0.39, 0.29) is 17.7 Å². The highest BCUT2D eigenvalue weighted by Gasteiger charge is 2.31. The zero-order valence-corrected chi connectivity index (χ0v) is 20.9. The number of fused-ring (bicyclic) bond motifs is 1. The van der Waals surface area contributed by atoms with Crippen LogP contribution in [0.1, 0.15) is 77.3 Å². The standard InChI is InChI=1S/C25H35N5O5/c1-25(2,3)35-24(34)26-14-8-6-5-7-9-20(31)27-16-10-11-17-19(15-16)30(4)29-22(17)18-12-13-21(32)28-23(18)33/h10-11,15,18H,5-9,12-14H2,1-4H3,(H,26,34)(H,27,31)(H,28,32,33). The average Bonchev–Trinajstić information content (AvgIpc) is 3.07. The van der Waals surface area contributed by atoms with E-state index in [0.717, 1.165) is 36.6 Å². The van der Waals surface area contributed by atoms with Gasteiger partial charge in [0, 0.05) is 37.5 Å². The fourth-order valence-electron chi connectivity index (χ4n) is 4.07. The maximum Gasteiger partial charge on any atom is 0.407 e. The van der Waals surface area contributed by atoms with Crippen LogP contribution < -0.4 is 16.0 Å². The number of hydrogen-bond acceptors (Lipinski definition) is 6. The molecule has 0 bridgehead atoms. The molecule has 3 N–H and O–H groups in total. The second-order valence-electron chi connectivity index (χ2n) is 9.89. The number of carbonyl (C=O) groups is 4. The van der Waals surface area contributed by atoms with E-state index in [9.17, 15) is 19.2 Å². The predicted molar refractivity (Wildman–Crippen MR) is 132 cm³/mol. The van der Waals surface area contributed by atoms with Gasteiger partial charge in [0.05, 0.1) is 17.1 Å². The van der Waals surface area contributed by atoms with Crippen molar-refractivity contribution < 1.29 is 23.9 Å². The highest BCUT2D eigenvalue weighted by atomic mass is 16.6. The lowest BCUT2D eigenvalue weighted by Gasteiger charge is -2.19. The molecule has 10 heteroatoms. The minimum atomic E-state index is -0.505. The number of imide groups is 1. The van der Waals surface area contributed by atoms with Crippen LogP contribution in [0.25, 0.3) is 10.9 Å². The van der Waals surface area contributed by atoms with Crippen LogP contribution in [-0.2, 0) is 26.2 Å². The smallest absolute Gasteiger partial charge is 0.407 e. The van der Waals surface area contributed by atoms with Gasteiger partial charge in [-0.1, -0.05) is 12.8 Å². The second kappa shape index (κ2) is 11.3. The molecule has 1 aliphatic rings. The summed E-state index contributed by atoms with van der Waals surface area (Å²) in [5.41, 5.74) is 1.61. The fraction of sp³-hybridized carbons (Fsp3) is 0.560. The molecule has 1 saturated heterocycles. The average molecular weight is 486 g/mol. The summed E-state index contributed by atoms with van der Waals surface area (Å²) in [6, 6.07) is 5.51. The molecule has 1 aromatic carbocycles. The van der Waals surface area contributed by atoms with E-state index in [1.807, 2.05) is 32.9 Å². The first-order valence-corrected chi connectivity index (χ1v) is 12.1. The zero-order valence-electron chi connectivity index (χ0n) is 20.9.